The highest BCUT2D eigenvalue weighted by atomic mass is 16.5. The molecule has 0 unspecified atom stereocenters. The minimum Gasteiger partial charge on any atom is -0.469 e. The summed E-state index contributed by atoms with van der Waals surface area (Å²) in [5.41, 5.74) is 1.73. The zero-order chi connectivity index (χ0) is 12.1. The number of methoxy groups -OCH3 is 1. The van der Waals surface area contributed by atoms with Crippen molar-refractivity contribution in [1.82, 2.24) is 15.0 Å². The molecule has 1 aromatic heterocycles. The molecule has 0 aliphatic carbocycles. The Hall–Kier alpha value is -2.17. The first-order valence-corrected chi connectivity index (χ1v) is 5.33. The Morgan fingerprint density at radius 3 is 2.82 bits per heavy atom. The first-order valence-electron chi connectivity index (χ1n) is 5.33. The molecule has 0 saturated carbocycles. The van der Waals surface area contributed by atoms with E-state index in [1.54, 1.807) is 4.68 Å². The number of hydrogen-bond donors (Lipinski definition) is 0. The first kappa shape index (κ1) is 11.3. The molecule has 0 saturated heterocycles. The Labute approximate surface area is 99.0 Å². The van der Waals surface area contributed by atoms with Gasteiger partial charge in [0.2, 0.25) is 0 Å². The Kier molecular flexibility index (Phi) is 3.49. The van der Waals surface area contributed by atoms with E-state index in [9.17, 15) is 4.79 Å². The number of para-hydroxylation sites is 1. The number of nitrogens with zero attached hydrogens (tertiary/aromatic N) is 3. The number of esters is 1. The van der Waals surface area contributed by atoms with Gasteiger partial charge in [0, 0.05) is 6.42 Å². The van der Waals surface area contributed by atoms with Crippen molar-refractivity contribution in [2.45, 2.75) is 12.8 Å². The number of hydrogen-bond acceptors (Lipinski definition) is 4. The van der Waals surface area contributed by atoms with Crippen molar-refractivity contribution in [3.63, 3.8) is 0 Å². The lowest BCUT2D eigenvalue weighted by atomic mass is 10.2. The molecule has 17 heavy (non-hydrogen) atoms. The highest BCUT2D eigenvalue weighted by molar-refractivity contribution is 5.69. The van der Waals surface area contributed by atoms with Crippen LogP contribution in [0.15, 0.2) is 36.5 Å². The molecule has 1 heterocycles. The lowest BCUT2D eigenvalue weighted by molar-refractivity contribution is -0.140. The Morgan fingerprint density at radius 1 is 1.35 bits per heavy atom. The molecule has 0 aliphatic rings. The number of benzene rings is 1. The number of aromatic nitrogens is 3. The van der Waals surface area contributed by atoms with Crippen LogP contribution < -0.4 is 0 Å². The van der Waals surface area contributed by atoms with Crippen LogP contribution in [-0.2, 0) is 16.0 Å². The molecule has 1 aromatic carbocycles. The summed E-state index contributed by atoms with van der Waals surface area (Å²) in [6.07, 6.45) is 2.68. The van der Waals surface area contributed by atoms with Crippen molar-refractivity contribution >= 4 is 5.97 Å². The van der Waals surface area contributed by atoms with Gasteiger partial charge in [-0.15, -0.1) is 5.10 Å². The minimum atomic E-state index is -0.237. The van der Waals surface area contributed by atoms with E-state index in [4.69, 9.17) is 0 Å². The summed E-state index contributed by atoms with van der Waals surface area (Å²) >= 11 is 0. The molecule has 2 aromatic rings. The largest absolute Gasteiger partial charge is 0.469 e. The number of carbonyl (C=O) groups excluding carboxylic acids is 1. The average Bonchev–Trinajstić information content (AvgIpc) is 2.86. The van der Waals surface area contributed by atoms with Crippen molar-refractivity contribution in [2.24, 2.45) is 0 Å². The van der Waals surface area contributed by atoms with E-state index in [1.807, 2.05) is 36.5 Å². The van der Waals surface area contributed by atoms with Gasteiger partial charge in [0.1, 0.15) is 0 Å². The van der Waals surface area contributed by atoms with Gasteiger partial charge in [0.05, 0.1) is 31.1 Å². The van der Waals surface area contributed by atoms with Crippen LogP contribution in [0.2, 0.25) is 0 Å². The van der Waals surface area contributed by atoms with Crippen LogP contribution in [0, 0.1) is 0 Å². The van der Waals surface area contributed by atoms with E-state index < -0.39 is 0 Å². The van der Waals surface area contributed by atoms with Crippen molar-refractivity contribution in [3.8, 4) is 5.69 Å². The van der Waals surface area contributed by atoms with Crippen LogP contribution in [0.5, 0.6) is 0 Å². The monoisotopic (exact) mass is 231 g/mol. The smallest absolute Gasteiger partial charge is 0.305 e. The van der Waals surface area contributed by atoms with Crippen molar-refractivity contribution in [3.05, 3.63) is 42.2 Å². The van der Waals surface area contributed by atoms with Crippen LogP contribution in [0.1, 0.15) is 12.1 Å². The SMILES string of the molecule is COC(=O)CCc1cn(-c2ccccc2)nn1. The minimum absolute atomic E-state index is 0.237. The van der Waals surface area contributed by atoms with Gasteiger partial charge in [-0.1, -0.05) is 23.4 Å². The number of ether oxygens (including phenoxy) is 1. The molecule has 88 valence electrons. The highest BCUT2D eigenvalue weighted by Crippen LogP contribution is 2.07. The van der Waals surface area contributed by atoms with Gasteiger partial charge in [0.15, 0.2) is 0 Å². The van der Waals surface area contributed by atoms with Crippen LogP contribution in [-0.4, -0.2) is 28.1 Å². The van der Waals surface area contributed by atoms with Gasteiger partial charge in [-0.2, -0.15) is 0 Å². The molecular formula is C12H13N3O2. The normalized spacial score (nSPS) is 10.2. The molecule has 5 nitrogen and oxygen atoms in total. The Balaban J connectivity index is 2.04. The molecule has 0 radical (unpaired) electrons. The molecule has 0 bridgehead atoms. The standard InChI is InChI=1S/C12H13N3O2/c1-17-12(16)8-7-10-9-15(14-13-10)11-5-3-2-4-6-11/h2-6,9H,7-8H2,1H3. The lowest BCUT2D eigenvalue weighted by Gasteiger charge is -1.97. The van der Waals surface area contributed by atoms with Gasteiger partial charge < -0.3 is 4.74 Å². The van der Waals surface area contributed by atoms with Crippen molar-refractivity contribution in [2.75, 3.05) is 7.11 Å². The molecule has 2 rings (SSSR count). The van der Waals surface area contributed by atoms with E-state index in [-0.39, 0.29) is 5.97 Å². The van der Waals surface area contributed by atoms with Crippen LogP contribution in [0.25, 0.3) is 5.69 Å². The number of carbonyl (C=O) groups is 1. The summed E-state index contributed by atoms with van der Waals surface area (Å²) in [6.45, 7) is 0. The van der Waals surface area contributed by atoms with Gasteiger partial charge in [-0.05, 0) is 12.1 Å². The second kappa shape index (κ2) is 5.25. The van der Waals surface area contributed by atoms with Gasteiger partial charge >= 0.3 is 5.97 Å². The van der Waals surface area contributed by atoms with E-state index in [2.05, 4.69) is 15.0 Å². The lowest BCUT2D eigenvalue weighted by Crippen LogP contribution is -2.01. The third kappa shape index (κ3) is 2.90. The third-order valence-electron chi connectivity index (χ3n) is 2.37. The summed E-state index contributed by atoms with van der Waals surface area (Å²) in [5.74, 6) is -0.237. The molecule has 0 atom stereocenters. The molecule has 0 spiro atoms. The maximum absolute atomic E-state index is 11.0. The number of aryl methyl sites for hydroxylation is 1. The fourth-order valence-electron chi connectivity index (χ4n) is 1.45. The Bertz CT molecular complexity index is 493. The van der Waals surface area contributed by atoms with Gasteiger partial charge in [-0.3, -0.25) is 4.79 Å². The molecule has 0 aliphatic heterocycles. The van der Waals surface area contributed by atoms with Gasteiger partial charge in [-0.25, -0.2) is 4.68 Å². The van der Waals surface area contributed by atoms with E-state index in [1.165, 1.54) is 7.11 Å². The average molecular weight is 231 g/mol. The maximum Gasteiger partial charge on any atom is 0.305 e. The zero-order valence-electron chi connectivity index (χ0n) is 9.54. The fourth-order valence-corrected chi connectivity index (χ4v) is 1.45. The summed E-state index contributed by atoms with van der Waals surface area (Å²) in [4.78, 5) is 11.0. The fraction of sp³-hybridized carbons (Fsp3) is 0.250. The van der Waals surface area contributed by atoms with E-state index in [0.717, 1.165) is 11.4 Å². The number of rotatable bonds is 4. The summed E-state index contributed by atoms with van der Waals surface area (Å²) in [5, 5.41) is 8.01. The second-order valence-electron chi connectivity index (χ2n) is 3.57. The predicted octanol–water partition coefficient (Wildman–Crippen LogP) is 1.37. The van der Waals surface area contributed by atoms with Crippen molar-refractivity contribution < 1.29 is 9.53 Å². The van der Waals surface area contributed by atoms with E-state index >= 15 is 0 Å². The third-order valence-corrected chi connectivity index (χ3v) is 2.37. The topological polar surface area (TPSA) is 57.0 Å². The van der Waals surface area contributed by atoms with Crippen molar-refractivity contribution in [1.29, 1.82) is 0 Å². The van der Waals surface area contributed by atoms with E-state index in [0.29, 0.717) is 12.8 Å². The molecule has 0 N–H and O–H groups in total. The zero-order valence-corrected chi connectivity index (χ0v) is 9.54. The van der Waals surface area contributed by atoms with Gasteiger partial charge in [0.25, 0.3) is 0 Å². The quantitative estimate of drug-likeness (QED) is 0.746. The summed E-state index contributed by atoms with van der Waals surface area (Å²) in [6, 6.07) is 9.70. The molecule has 5 heteroatoms. The molecule has 0 fully saturated rings. The maximum atomic E-state index is 11.0. The first-order chi connectivity index (χ1) is 8.29. The van der Waals surface area contributed by atoms with Crippen LogP contribution in [0.4, 0.5) is 0 Å². The molecule has 0 amide bonds. The Morgan fingerprint density at radius 2 is 2.12 bits per heavy atom. The predicted molar refractivity (Wildman–Crippen MR) is 61.7 cm³/mol. The van der Waals surface area contributed by atoms with Crippen LogP contribution >= 0.6 is 0 Å². The highest BCUT2D eigenvalue weighted by Gasteiger charge is 2.05. The summed E-state index contributed by atoms with van der Waals surface area (Å²) < 4.78 is 6.26. The summed E-state index contributed by atoms with van der Waals surface area (Å²) in [7, 11) is 1.38. The molecular weight excluding hydrogens is 218 g/mol. The van der Waals surface area contributed by atoms with Crippen LogP contribution in [0.3, 0.4) is 0 Å². The second-order valence-corrected chi connectivity index (χ2v) is 3.57.